The van der Waals surface area contributed by atoms with Crippen molar-refractivity contribution in [3.8, 4) is 22.6 Å². The van der Waals surface area contributed by atoms with Gasteiger partial charge in [-0.3, -0.25) is 0 Å². The highest BCUT2D eigenvalue weighted by atomic mass is 79.9. The molecule has 2 aromatic heterocycles. The number of furan rings is 2. The molecule has 2 heterocycles. The van der Waals surface area contributed by atoms with Crippen LogP contribution in [0.25, 0.3) is 55.0 Å². The molecule has 0 fully saturated rings. The van der Waals surface area contributed by atoms with Crippen LogP contribution in [-0.4, -0.2) is 27.4 Å². The van der Waals surface area contributed by atoms with E-state index in [1.165, 1.54) is 0 Å². The Hall–Kier alpha value is -5.02. The highest BCUT2D eigenvalue weighted by Gasteiger charge is 2.18. The molecule has 0 unspecified atom stereocenters. The molecule has 0 saturated carbocycles. The Balaban J connectivity index is 0.000000128. The second kappa shape index (κ2) is 12.7. The lowest BCUT2D eigenvalue weighted by Gasteiger charge is -2.03. The minimum atomic E-state index is -1.51. The van der Waals surface area contributed by atoms with Crippen LogP contribution >= 0.6 is 15.9 Å². The third kappa shape index (κ3) is 6.05. The van der Waals surface area contributed by atoms with Crippen molar-refractivity contribution in [2.75, 3.05) is 0 Å². The Morgan fingerprint density at radius 1 is 0.500 bits per heavy atom. The number of hydrogen-bond donors (Lipinski definition) is 4. The van der Waals surface area contributed by atoms with Gasteiger partial charge in [0.15, 0.2) is 0 Å². The van der Waals surface area contributed by atoms with Gasteiger partial charge in [-0.2, -0.15) is 0 Å². The number of phenols is 2. The van der Waals surface area contributed by atoms with Gasteiger partial charge in [0.1, 0.15) is 33.8 Å². The average Bonchev–Trinajstić information content (AvgIpc) is 3.60. The molecule has 44 heavy (non-hydrogen) atoms. The lowest BCUT2D eigenvalue weighted by molar-refractivity contribution is 0.425. The fourth-order valence-electron chi connectivity index (χ4n) is 5.10. The molecule has 216 valence electrons. The van der Waals surface area contributed by atoms with E-state index in [-0.39, 0.29) is 5.75 Å². The molecule has 4 N–H and O–H groups in total. The number of aromatic hydroxyl groups is 2. The minimum absolute atomic E-state index is 0.260. The number of hydrogen-bond acceptors (Lipinski definition) is 6. The van der Waals surface area contributed by atoms with E-state index in [4.69, 9.17) is 13.9 Å². The summed E-state index contributed by atoms with van der Waals surface area (Å²) in [5.41, 5.74) is 5.39. The van der Waals surface area contributed by atoms with Crippen LogP contribution in [0.2, 0.25) is 0 Å². The van der Waals surface area contributed by atoms with Gasteiger partial charge in [0.05, 0.1) is 0 Å². The number of para-hydroxylation sites is 4. The van der Waals surface area contributed by atoms with E-state index >= 15 is 0 Å². The molecule has 0 saturated heterocycles. The van der Waals surface area contributed by atoms with Crippen molar-refractivity contribution in [1.29, 1.82) is 0 Å². The molecule has 0 bridgehead atoms. The Labute approximate surface area is 261 Å². The molecule has 6 nitrogen and oxygen atoms in total. The van der Waals surface area contributed by atoms with Gasteiger partial charge >= 0.3 is 7.12 Å². The second-order valence-electron chi connectivity index (χ2n) is 10.0. The molecule has 0 radical (unpaired) electrons. The van der Waals surface area contributed by atoms with Gasteiger partial charge in [-0.15, -0.1) is 0 Å². The summed E-state index contributed by atoms with van der Waals surface area (Å²) in [5.74, 6) is 0.551. The largest absolute Gasteiger partial charge is 0.508 e. The smallest absolute Gasteiger partial charge is 0.492 e. The zero-order valence-corrected chi connectivity index (χ0v) is 24.8. The normalized spacial score (nSPS) is 10.8. The van der Waals surface area contributed by atoms with Crippen LogP contribution in [0.4, 0.5) is 0 Å². The molecule has 0 amide bonds. The summed E-state index contributed by atoms with van der Waals surface area (Å²) in [4.78, 5) is 0. The molecular formula is C36H26BBrO6. The van der Waals surface area contributed by atoms with E-state index in [1.807, 2.05) is 78.9 Å². The maximum Gasteiger partial charge on any atom is 0.492 e. The van der Waals surface area contributed by atoms with E-state index in [0.717, 1.165) is 53.9 Å². The van der Waals surface area contributed by atoms with Crippen LogP contribution in [0.1, 0.15) is 0 Å². The molecule has 0 aliphatic rings. The predicted molar refractivity (Wildman–Crippen MR) is 180 cm³/mol. The first-order valence-corrected chi connectivity index (χ1v) is 14.6. The van der Waals surface area contributed by atoms with Crippen molar-refractivity contribution in [3.63, 3.8) is 0 Å². The third-order valence-electron chi connectivity index (χ3n) is 7.08. The molecule has 8 aromatic rings. The van der Waals surface area contributed by atoms with E-state index in [9.17, 15) is 15.2 Å². The summed E-state index contributed by atoms with van der Waals surface area (Å²) in [5, 5.41) is 41.0. The summed E-state index contributed by atoms with van der Waals surface area (Å²) in [6.45, 7) is 0. The summed E-state index contributed by atoms with van der Waals surface area (Å²) in [6.07, 6.45) is 0. The van der Waals surface area contributed by atoms with Crippen molar-refractivity contribution in [1.82, 2.24) is 0 Å². The first-order valence-electron chi connectivity index (χ1n) is 13.8. The molecular weight excluding hydrogens is 619 g/mol. The van der Waals surface area contributed by atoms with Gasteiger partial charge in [0.2, 0.25) is 0 Å². The van der Waals surface area contributed by atoms with E-state index < -0.39 is 7.12 Å². The van der Waals surface area contributed by atoms with Gasteiger partial charge < -0.3 is 29.1 Å². The molecule has 6 aromatic carbocycles. The van der Waals surface area contributed by atoms with Crippen molar-refractivity contribution >= 4 is 72.4 Å². The number of benzene rings is 6. The number of rotatable bonds is 2. The van der Waals surface area contributed by atoms with Crippen LogP contribution in [0, 0.1) is 0 Å². The molecule has 0 aliphatic carbocycles. The first-order chi connectivity index (χ1) is 21.4. The number of phenolic OH excluding ortho intramolecular Hbond substituents is 2. The SMILES string of the molecule is OB(O)c1cccc2c1oc1ccccc12.Oc1cccc(-c2cccc3c2oc2ccccc23)c1.Oc1cccc(Br)c1. The quantitative estimate of drug-likeness (QED) is 0.141. The second-order valence-corrected chi connectivity index (χ2v) is 10.9. The van der Waals surface area contributed by atoms with Gasteiger partial charge in [0.25, 0.3) is 0 Å². The van der Waals surface area contributed by atoms with Gasteiger partial charge in [-0.25, -0.2) is 0 Å². The number of fused-ring (bicyclic) bond motifs is 6. The summed E-state index contributed by atoms with van der Waals surface area (Å²) >= 11 is 3.20. The van der Waals surface area contributed by atoms with Crippen LogP contribution in [-0.2, 0) is 0 Å². The van der Waals surface area contributed by atoms with Gasteiger partial charge in [0, 0.05) is 37.0 Å². The highest BCUT2D eigenvalue weighted by molar-refractivity contribution is 9.10. The lowest BCUT2D eigenvalue weighted by Crippen LogP contribution is -2.29. The van der Waals surface area contributed by atoms with E-state index in [0.29, 0.717) is 16.8 Å². The minimum Gasteiger partial charge on any atom is -0.508 e. The highest BCUT2D eigenvalue weighted by Crippen LogP contribution is 2.36. The Kier molecular flexibility index (Phi) is 8.39. The van der Waals surface area contributed by atoms with Crippen LogP contribution in [0.15, 0.2) is 147 Å². The predicted octanol–water partition coefficient (Wildman–Crippen LogP) is 8.38. The molecule has 8 heteroatoms. The van der Waals surface area contributed by atoms with Crippen molar-refractivity contribution in [2.24, 2.45) is 0 Å². The van der Waals surface area contributed by atoms with Crippen molar-refractivity contribution in [3.05, 3.63) is 138 Å². The topological polar surface area (TPSA) is 107 Å². The van der Waals surface area contributed by atoms with Crippen LogP contribution < -0.4 is 5.46 Å². The van der Waals surface area contributed by atoms with Crippen molar-refractivity contribution < 1.29 is 29.1 Å². The van der Waals surface area contributed by atoms with Crippen LogP contribution in [0.5, 0.6) is 11.5 Å². The van der Waals surface area contributed by atoms with Gasteiger partial charge in [-0.05, 0) is 48.0 Å². The Morgan fingerprint density at radius 3 is 1.61 bits per heavy atom. The van der Waals surface area contributed by atoms with E-state index in [2.05, 4.69) is 28.1 Å². The monoisotopic (exact) mass is 644 g/mol. The van der Waals surface area contributed by atoms with Crippen LogP contribution in [0.3, 0.4) is 0 Å². The maximum absolute atomic E-state index is 9.66. The first kappa shape index (κ1) is 29.1. The summed E-state index contributed by atoms with van der Waals surface area (Å²) < 4.78 is 12.5. The lowest BCUT2D eigenvalue weighted by atomic mass is 9.79. The molecule has 0 spiro atoms. The number of halogens is 1. The average molecular weight is 645 g/mol. The fraction of sp³-hybridized carbons (Fsp3) is 0. The molecule has 0 atom stereocenters. The Bertz CT molecular complexity index is 2200. The molecule has 0 aliphatic heterocycles. The van der Waals surface area contributed by atoms with Gasteiger partial charge in [-0.1, -0.05) is 107 Å². The zero-order valence-electron chi connectivity index (χ0n) is 23.3. The van der Waals surface area contributed by atoms with Crippen molar-refractivity contribution in [2.45, 2.75) is 0 Å². The molecule has 8 rings (SSSR count). The zero-order chi connectivity index (χ0) is 30.6. The Morgan fingerprint density at radius 2 is 1.02 bits per heavy atom. The third-order valence-corrected chi connectivity index (χ3v) is 7.58. The fourth-order valence-corrected chi connectivity index (χ4v) is 5.48. The van der Waals surface area contributed by atoms with E-state index in [1.54, 1.807) is 42.5 Å². The standard InChI is InChI=1S/C18H12O2.C12H9BO3.C6H5BrO/c19-13-6-3-5-12(11-13)14-8-4-9-16-15-7-1-2-10-17(15)20-18(14)16;14-13(15)10-6-3-5-9-8-4-1-2-7-11(8)16-12(9)10;7-5-2-1-3-6(8)4-5/h1-11,19H;1-7,14-15H;1-4,8H. The summed E-state index contributed by atoms with van der Waals surface area (Å²) in [6, 6.07) is 41.2. The maximum atomic E-state index is 9.66. The summed E-state index contributed by atoms with van der Waals surface area (Å²) in [7, 11) is -1.51.